The minimum Gasteiger partial charge on any atom is -0.491 e. The zero-order valence-corrected chi connectivity index (χ0v) is 31.2. The fourth-order valence-electron chi connectivity index (χ4n) is 8.52. The first-order valence-electron chi connectivity index (χ1n) is 19.5. The molecular formula is C40H38F2N10O6. The molecule has 0 spiro atoms. The van der Waals surface area contributed by atoms with Crippen LogP contribution in [-0.2, 0) is 9.59 Å². The Kier molecular flexibility index (Phi) is 8.50. The van der Waals surface area contributed by atoms with Crippen molar-refractivity contribution in [2.75, 3.05) is 49.5 Å². The highest BCUT2D eigenvalue weighted by molar-refractivity contribution is 6.23. The Labute approximate surface area is 329 Å². The van der Waals surface area contributed by atoms with E-state index in [9.17, 15) is 24.0 Å². The number of carbonyl (C=O) groups is 5. The first-order chi connectivity index (χ1) is 28.0. The van der Waals surface area contributed by atoms with Crippen molar-refractivity contribution in [1.82, 2.24) is 39.5 Å². The number of hydrogen-bond acceptors (Lipinski definition) is 11. The Morgan fingerprint density at radius 2 is 1.78 bits per heavy atom. The third-order valence-corrected chi connectivity index (χ3v) is 11.8. The third-order valence-electron chi connectivity index (χ3n) is 11.8. The van der Waals surface area contributed by atoms with E-state index in [1.54, 1.807) is 23.0 Å². The van der Waals surface area contributed by atoms with E-state index in [4.69, 9.17) is 9.84 Å². The van der Waals surface area contributed by atoms with Gasteiger partial charge in [0, 0.05) is 56.1 Å². The summed E-state index contributed by atoms with van der Waals surface area (Å²) >= 11 is 0. The van der Waals surface area contributed by atoms with Gasteiger partial charge < -0.3 is 15.0 Å². The van der Waals surface area contributed by atoms with E-state index in [2.05, 4.69) is 25.6 Å². The van der Waals surface area contributed by atoms with Crippen LogP contribution in [0.15, 0.2) is 55.1 Å². The van der Waals surface area contributed by atoms with E-state index in [0.717, 1.165) is 47.6 Å². The van der Waals surface area contributed by atoms with Crippen LogP contribution in [0, 0.1) is 11.7 Å². The number of likely N-dealkylation sites (tertiary alicyclic amines) is 1. The molecule has 4 fully saturated rings. The van der Waals surface area contributed by atoms with Gasteiger partial charge in [-0.2, -0.15) is 10.2 Å². The van der Waals surface area contributed by atoms with Crippen LogP contribution in [0.1, 0.15) is 75.6 Å². The number of alkyl halides is 1. The number of aromatic nitrogens is 5. The van der Waals surface area contributed by atoms with E-state index in [1.807, 2.05) is 23.0 Å². The van der Waals surface area contributed by atoms with Crippen molar-refractivity contribution in [3.05, 3.63) is 77.6 Å². The molecule has 1 aliphatic carbocycles. The van der Waals surface area contributed by atoms with Gasteiger partial charge in [0.25, 0.3) is 17.7 Å². The van der Waals surface area contributed by atoms with Crippen molar-refractivity contribution in [2.45, 2.75) is 56.3 Å². The number of fused-ring (bicyclic) bond motifs is 3. The molecular weight excluding hydrogens is 754 g/mol. The summed E-state index contributed by atoms with van der Waals surface area (Å²) in [6.07, 6.45) is 10.4. The van der Waals surface area contributed by atoms with Gasteiger partial charge in [-0.15, -0.1) is 0 Å². The van der Waals surface area contributed by atoms with E-state index in [1.165, 1.54) is 17.2 Å². The summed E-state index contributed by atoms with van der Waals surface area (Å²) < 4.78 is 41.1. The van der Waals surface area contributed by atoms with E-state index in [-0.39, 0.29) is 61.2 Å². The average molecular weight is 793 g/mol. The minimum absolute atomic E-state index is 0.0130. The van der Waals surface area contributed by atoms with Crippen LogP contribution in [0.25, 0.3) is 16.6 Å². The molecule has 10 rings (SSSR count). The number of piperidine rings is 2. The Morgan fingerprint density at radius 3 is 2.53 bits per heavy atom. The Hall–Kier alpha value is -6.30. The molecule has 1 atom stereocenters. The van der Waals surface area contributed by atoms with Crippen LogP contribution in [0.5, 0.6) is 5.75 Å². The second-order valence-electron chi connectivity index (χ2n) is 16.0. The fourth-order valence-corrected chi connectivity index (χ4v) is 8.52. The molecule has 18 heteroatoms. The highest BCUT2D eigenvalue weighted by Gasteiger charge is 2.49. The van der Waals surface area contributed by atoms with Crippen molar-refractivity contribution in [2.24, 2.45) is 5.92 Å². The number of benzene rings is 2. The molecule has 0 radical (unpaired) electrons. The average Bonchev–Trinajstić information content (AvgIpc) is 3.69. The number of halogens is 2. The zero-order chi connectivity index (χ0) is 39.9. The lowest BCUT2D eigenvalue weighted by Gasteiger charge is -2.48. The molecule has 1 saturated carbocycles. The smallest absolute Gasteiger partial charge is 0.262 e. The van der Waals surface area contributed by atoms with Gasteiger partial charge >= 0.3 is 0 Å². The van der Waals surface area contributed by atoms with Crippen LogP contribution in [0.4, 0.5) is 20.2 Å². The van der Waals surface area contributed by atoms with Crippen LogP contribution in [0.3, 0.4) is 0 Å². The number of nitrogens with zero attached hydrogens (tertiary/aromatic N) is 8. The number of hydrogen-bond donors (Lipinski definition) is 2. The molecule has 58 heavy (non-hydrogen) atoms. The van der Waals surface area contributed by atoms with Crippen molar-refractivity contribution in [1.29, 1.82) is 0 Å². The quantitative estimate of drug-likeness (QED) is 0.198. The van der Waals surface area contributed by atoms with Gasteiger partial charge in [-0.3, -0.25) is 43.8 Å². The Morgan fingerprint density at radius 1 is 1.00 bits per heavy atom. The summed E-state index contributed by atoms with van der Waals surface area (Å²) in [5.41, 5.74) is 0.218. The molecule has 4 aliphatic heterocycles. The fraction of sp³-hybridized carbons (Fsp3) is 0.400. The summed E-state index contributed by atoms with van der Waals surface area (Å²) in [5, 5.41) is 15.1. The molecule has 0 bridgehead atoms. The lowest BCUT2D eigenvalue weighted by Crippen LogP contribution is -2.64. The van der Waals surface area contributed by atoms with Gasteiger partial charge in [-0.05, 0) is 62.3 Å². The largest absolute Gasteiger partial charge is 0.491 e. The second-order valence-corrected chi connectivity index (χ2v) is 16.0. The first-order valence-corrected chi connectivity index (χ1v) is 19.5. The maximum absolute atomic E-state index is 16.1. The highest BCUT2D eigenvalue weighted by Crippen LogP contribution is 2.39. The van der Waals surface area contributed by atoms with E-state index >= 15 is 8.78 Å². The van der Waals surface area contributed by atoms with Crippen LogP contribution in [0.2, 0.25) is 0 Å². The van der Waals surface area contributed by atoms with Gasteiger partial charge in [0.05, 0.1) is 60.0 Å². The van der Waals surface area contributed by atoms with E-state index < -0.39 is 41.2 Å². The van der Waals surface area contributed by atoms with E-state index in [0.29, 0.717) is 48.3 Å². The molecule has 5 aromatic rings. The summed E-state index contributed by atoms with van der Waals surface area (Å²) in [5.74, 6) is -2.88. The summed E-state index contributed by atoms with van der Waals surface area (Å²) in [4.78, 5) is 72.4. The third kappa shape index (κ3) is 6.40. The maximum atomic E-state index is 16.1. The van der Waals surface area contributed by atoms with Crippen LogP contribution >= 0.6 is 0 Å². The predicted molar refractivity (Wildman–Crippen MR) is 203 cm³/mol. The number of anilines is 2. The number of nitrogens with one attached hydrogen (secondary N) is 2. The number of carbonyl (C=O) groups excluding carboxylic acids is 5. The molecule has 2 aromatic carbocycles. The number of amides is 5. The lowest BCUT2D eigenvalue weighted by molar-refractivity contribution is -0.136. The number of ether oxygens (including phenoxy) is 1. The molecule has 5 amide bonds. The topological polar surface area (TPSA) is 176 Å². The monoisotopic (exact) mass is 792 g/mol. The second kappa shape index (κ2) is 13.7. The number of imide groups is 2. The molecule has 2 N–H and O–H groups in total. The zero-order valence-electron chi connectivity index (χ0n) is 31.2. The highest BCUT2D eigenvalue weighted by atomic mass is 19.1. The molecule has 1 unspecified atom stereocenters. The maximum Gasteiger partial charge on any atom is 0.262 e. The minimum atomic E-state index is -1.62. The molecule has 298 valence electrons. The van der Waals surface area contributed by atoms with Gasteiger partial charge in [0.1, 0.15) is 23.2 Å². The van der Waals surface area contributed by atoms with Gasteiger partial charge in [0.2, 0.25) is 11.8 Å². The summed E-state index contributed by atoms with van der Waals surface area (Å²) in [6, 6.07) is 6.59. The van der Waals surface area contributed by atoms with Crippen LogP contribution in [-0.4, -0.2) is 115 Å². The molecule has 7 heterocycles. The SMILES string of the molecule is O=C1CCC(N2C(=O)c3cc(F)c(N4CC(F)(CN5CCC(n6cc7cc(NC(=O)c8cnn9cccnc89)c(OCC8CC8)cc7n6)CC5)C4)cc3C2=O)C(=O)N1. The summed E-state index contributed by atoms with van der Waals surface area (Å²) in [6.45, 7) is 1.76. The van der Waals surface area contributed by atoms with Crippen molar-refractivity contribution in [3.8, 4) is 5.75 Å². The Balaban J connectivity index is 0.779. The Bertz CT molecular complexity index is 2560. The van der Waals surface area contributed by atoms with Crippen molar-refractivity contribution < 1.29 is 37.5 Å². The molecule has 16 nitrogen and oxygen atoms in total. The normalized spacial score (nSPS) is 21.1. The number of rotatable bonds is 10. The van der Waals surface area contributed by atoms with Crippen molar-refractivity contribution in [3.63, 3.8) is 0 Å². The lowest BCUT2D eigenvalue weighted by atomic mass is 9.92. The van der Waals surface area contributed by atoms with Gasteiger partial charge in [-0.1, -0.05) is 0 Å². The van der Waals surface area contributed by atoms with Gasteiger partial charge in [0.15, 0.2) is 11.3 Å². The first kappa shape index (κ1) is 36.1. The summed E-state index contributed by atoms with van der Waals surface area (Å²) in [7, 11) is 0. The van der Waals surface area contributed by atoms with Crippen LogP contribution < -0.4 is 20.3 Å². The molecule has 3 saturated heterocycles. The predicted octanol–water partition coefficient (Wildman–Crippen LogP) is 3.53. The van der Waals surface area contributed by atoms with Gasteiger partial charge in [-0.25, -0.2) is 18.3 Å². The standard InChI is InChI=1S/C40H38F2N10O6/c41-28-13-25-26(39(57)52(38(25)56)31-4-5-34(53)46-37(31)55)14-32(28)49-20-40(42,21-49)19-48-10-6-24(7-11-48)51-17-23-12-30(33(15-29(23)47-51)58-18-22-2-3-22)45-36(54)27-16-44-50-9-1-8-43-35(27)50/h1,8-9,12-17,22,24,31H,2-7,10-11,18-21H2,(H,45,54)(H,46,53,55). The van der Waals surface area contributed by atoms with Crippen molar-refractivity contribution >= 4 is 57.5 Å². The molecule has 3 aromatic heterocycles. The molecule has 5 aliphatic rings.